The number of nitrogens with zero attached hydrogens (tertiary/aromatic N) is 2. The molecule has 2 rings (SSSR count). The fraction of sp³-hybridized carbons (Fsp3) is 0.0769. The Bertz CT molecular complexity index is 524. The van der Waals surface area contributed by atoms with Crippen LogP contribution in [0, 0.1) is 18.3 Å². The van der Waals surface area contributed by atoms with Crippen molar-refractivity contribution in [3.8, 4) is 6.07 Å². The Morgan fingerprint density at radius 2 is 1.88 bits per heavy atom. The second-order valence-corrected chi connectivity index (χ2v) is 3.51. The first-order valence-electron chi connectivity index (χ1n) is 4.99. The lowest BCUT2D eigenvalue weighted by Crippen LogP contribution is -1.94. The van der Waals surface area contributed by atoms with E-state index >= 15 is 0 Å². The molecule has 0 radical (unpaired) electrons. The molecular formula is C13H11N3. The van der Waals surface area contributed by atoms with E-state index in [0.717, 1.165) is 5.69 Å². The number of anilines is 2. The van der Waals surface area contributed by atoms with Crippen LogP contribution in [0.2, 0.25) is 0 Å². The average molecular weight is 209 g/mol. The van der Waals surface area contributed by atoms with Crippen molar-refractivity contribution in [2.75, 3.05) is 5.32 Å². The van der Waals surface area contributed by atoms with Gasteiger partial charge in [-0.15, -0.1) is 0 Å². The number of aromatic nitrogens is 1. The third-order valence-corrected chi connectivity index (χ3v) is 2.19. The zero-order valence-corrected chi connectivity index (χ0v) is 8.94. The van der Waals surface area contributed by atoms with Crippen molar-refractivity contribution in [2.45, 2.75) is 6.92 Å². The molecule has 16 heavy (non-hydrogen) atoms. The van der Waals surface area contributed by atoms with Gasteiger partial charge in [0.2, 0.25) is 0 Å². The number of nitriles is 1. The minimum atomic E-state index is 0.414. The second kappa shape index (κ2) is 4.45. The summed E-state index contributed by atoms with van der Waals surface area (Å²) < 4.78 is 0. The summed E-state index contributed by atoms with van der Waals surface area (Å²) in [6.07, 6.45) is 0. The molecule has 0 saturated carbocycles. The molecule has 3 nitrogen and oxygen atoms in total. The fourth-order valence-electron chi connectivity index (χ4n) is 1.35. The molecule has 0 atom stereocenters. The summed E-state index contributed by atoms with van der Waals surface area (Å²) in [6, 6.07) is 15.3. The normalized spacial score (nSPS) is 9.50. The van der Waals surface area contributed by atoms with Gasteiger partial charge in [-0.3, -0.25) is 0 Å². The van der Waals surface area contributed by atoms with E-state index in [1.165, 1.54) is 5.56 Å². The summed E-state index contributed by atoms with van der Waals surface area (Å²) in [6.45, 7) is 2.04. The number of rotatable bonds is 2. The van der Waals surface area contributed by atoms with E-state index in [2.05, 4.69) is 10.3 Å². The van der Waals surface area contributed by atoms with Crippen LogP contribution in [0.15, 0.2) is 42.5 Å². The van der Waals surface area contributed by atoms with Gasteiger partial charge in [0.1, 0.15) is 17.6 Å². The lowest BCUT2D eigenvalue weighted by molar-refractivity contribution is 1.25. The third-order valence-electron chi connectivity index (χ3n) is 2.19. The van der Waals surface area contributed by atoms with E-state index in [4.69, 9.17) is 5.26 Å². The van der Waals surface area contributed by atoms with Crippen LogP contribution >= 0.6 is 0 Å². The van der Waals surface area contributed by atoms with Crippen molar-refractivity contribution in [1.82, 2.24) is 4.98 Å². The molecule has 78 valence electrons. The summed E-state index contributed by atoms with van der Waals surface area (Å²) in [5.41, 5.74) is 2.59. The minimum Gasteiger partial charge on any atom is -0.340 e. The highest BCUT2D eigenvalue weighted by Crippen LogP contribution is 2.14. The molecule has 0 aliphatic heterocycles. The molecule has 0 spiro atoms. The molecule has 0 unspecified atom stereocenters. The van der Waals surface area contributed by atoms with Crippen LogP contribution in [0.5, 0.6) is 0 Å². The van der Waals surface area contributed by atoms with E-state index in [1.807, 2.05) is 49.4 Å². The number of hydrogen-bond acceptors (Lipinski definition) is 3. The molecule has 0 fully saturated rings. The predicted octanol–water partition coefficient (Wildman–Crippen LogP) is 3.01. The maximum absolute atomic E-state index is 8.72. The molecule has 0 bridgehead atoms. The van der Waals surface area contributed by atoms with E-state index in [9.17, 15) is 0 Å². The smallest absolute Gasteiger partial charge is 0.142 e. The fourth-order valence-corrected chi connectivity index (χ4v) is 1.35. The zero-order chi connectivity index (χ0) is 11.4. The van der Waals surface area contributed by atoms with Gasteiger partial charge >= 0.3 is 0 Å². The predicted molar refractivity (Wildman–Crippen MR) is 63.4 cm³/mol. The summed E-state index contributed by atoms with van der Waals surface area (Å²) in [4.78, 5) is 4.14. The topological polar surface area (TPSA) is 48.7 Å². The quantitative estimate of drug-likeness (QED) is 0.827. The highest BCUT2D eigenvalue weighted by molar-refractivity contribution is 5.56. The van der Waals surface area contributed by atoms with Crippen LogP contribution in [0.3, 0.4) is 0 Å². The number of benzene rings is 1. The van der Waals surface area contributed by atoms with Crippen molar-refractivity contribution >= 4 is 11.5 Å². The van der Waals surface area contributed by atoms with Gasteiger partial charge < -0.3 is 5.32 Å². The van der Waals surface area contributed by atoms with E-state index in [0.29, 0.717) is 11.5 Å². The first-order valence-corrected chi connectivity index (χ1v) is 4.99. The van der Waals surface area contributed by atoms with Gasteiger partial charge in [0.25, 0.3) is 0 Å². The lowest BCUT2D eigenvalue weighted by atomic mass is 10.2. The molecule has 0 aliphatic rings. The van der Waals surface area contributed by atoms with Crippen LogP contribution in [-0.2, 0) is 0 Å². The Labute approximate surface area is 94.4 Å². The number of hydrogen-bond donors (Lipinski definition) is 1. The standard InChI is InChI=1S/C13H11N3/c1-10-5-7-11(8-6-10)15-13-4-2-3-12(9-14)16-13/h2-8H,1H3,(H,15,16). The van der Waals surface area contributed by atoms with Crippen molar-refractivity contribution < 1.29 is 0 Å². The first kappa shape index (κ1) is 10.2. The van der Waals surface area contributed by atoms with Gasteiger partial charge in [0.15, 0.2) is 0 Å². The van der Waals surface area contributed by atoms with Crippen molar-refractivity contribution in [1.29, 1.82) is 5.26 Å². The Kier molecular flexibility index (Phi) is 2.84. The van der Waals surface area contributed by atoms with Crippen molar-refractivity contribution in [2.24, 2.45) is 0 Å². The van der Waals surface area contributed by atoms with Crippen LogP contribution in [-0.4, -0.2) is 4.98 Å². The minimum absolute atomic E-state index is 0.414. The van der Waals surface area contributed by atoms with Crippen LogP contribution in [0.4, 0.5) is 11.5 Å². The highest BCUT2D eigenvalue weighted by atomic mass is 15.0. The summed E-state index contributed by atoms with van der Waals surface area (Å²) in [5, 5.41) is 11.9. The Balaban J connectivity index is 2.21. The average Bonchev–Trinajstić information content (AvgIpc) is 2.32. The van der Waals surface area contributed by atoms with Gasteiger partial charge in [0, 0.05) is 5.69 Å². The SMILES string of the molecule is Cc1ccc(Nc2cccc(C#N)n2)cc1. The monoisotopic (exact) mass is 209 g/mol. The van der Waals surface area contributed by atoms with Crippen molar-refractivity contribution in [3.05, 3.63) is 53.7 Å². The molecule has 1 aromatic heterocycles. The van der Waals surface area contributed by atoms with Crippen molar-refractivity contribution in [3.63, 3.8) is 0 Å². The van der Waals surface area contributed by atoms with E-state index in [1.54, 1.807) is 6.07 Å². The summed E-state index contributed by atoms with van der Waals surface area (Å²) in [5.74, 6) is 0.683. The second-order valence-electron chi connectivity index (χ2n) is 3.51. The molecule has 1 aromatic carbocycles. The lowest BCUT2D eigenvalue weighted by Gasteiger charge is -2.05. The van der Waals surface area contributed by atoms with Crippen LogP contribution in [0.25, 0.3) is 0 Å². The maximum atomic E-state index is 8.72. The van der Waals surface area contributed by atoms with Gasteiger partial charge in [-0.2, -0.15) is 5.26 Å². The third kappa shape index (κ3) is 2.37. The Morgan fingerprint density at radius 3 is 2.56 bits per heavy atom. The van der Waals surface area contributed by atoms with Crippen LogP contribution < -0.4 is 5.32 Å². The maximum Gasteiger partial charge on any atom is 0.142 e. The molecule has 0 saturated heterocycles. The van der Waals surface area contributed by atoms with Gasteiger partial charge in [-0.05, 0) is 31.2 Å². The number of nitrogens with one attached hydrogen (secondary N) is 1. The Morgan fingerprint density at radius 1 is 1.12 bits per heavy atom. The largest absolute Gasteiger partial charge is 0.340 e. The number of pyridine rings is 1. The van der Waals surface area contributed by atoms with E-state index < -0.39 is 0 Å². The summed E-state index contributed by atoms with van der Waals surface area (Å²) in [7, 11) is 0. The van der Waals surface area contributed by atoms with Gasteiger partial charge in [-0.25, -0.2) is 4.98 Å². The van der Waals surface area contributed by atoms with E-state index in [-0.39, 0.29) is 0 Å². The molecule has 0 aliphatic carbocycles. The molecule has 2 aromatic rings. The molecule has 3 heteroatoms. The summed E-state index contributed by atoms with van der Waals surface area (Å²) >= 11 is 0. The number of aryl methyl sites for hydroxylation is 1. The Hall–Kier alpha value is -2.34. The highest BCUT2D eigenvalue weighted by Gasteiger charge is 1.97. The molecular weight excluding hydrogens is 198 g/mol. The van der Waals surface area contributed by atoms with Gasteiger partial charge in [0.05, 0.1) is 0 Å². The molecule has 1 N–H and O–H groups in total. The zero-order valence-electron chi connectivity index (χ0n) is 8.94. The molecule has 1 heterocycles. The molecule has 0 amide bonds. The van der Waals surface area contributed by atoms with Crippen LogP contribution in [0.1, 0.15) is 11.3 Å². The first-order chi connectivity index (χ1) is 7.78. The van der Waals surface area contributed by atoms with Gasteiger partial charge in [-0.1, -0.05) is 23.8 Å².